The molecule has 16 aliphatic carbocycles. The zero-order chi connectivity index (χ0) is 102. The summed E-state index contributed by atoms with van der Waals surface area (Å²) in [6, 6.07) is 0. The van der Waals surface area contributed by atoms with Gasteiger partial charge in [-0.2, -0.15) is 0 Å². The maximum atomic E-state index is 12.7. The molecule has 34 aliphatic rings. The Hall–Kier alpha value is -6.97. The fraction of sp³-hybridized carbons (Fsp3) is 0.649. The van der Waals surface area contributed by atoms with Gasteiger partial charge in [-0.25, -0.2) is 0 Å². The van der Waals surface area contributed by atoms with Crippen molar-refractivity contribution in [2.75, 3.05) is 39.5 Å². The lowest BCUT2D eigenvalue weighted by atomic mass is 9.79. The predicted molar refractivity (Wildman–Crippen MR) is 591 cm³/mol. The Kier molecular flexibility index (Phi) is 25.0. The molecule has 10 fully saturated rings. The van der Waals surface area contributed by atoms with Crippen LogP contribution in [0.5, 0.6) is 0 Å². The maximum Gasteiger partial charge on any atom is 0.194 e. The smallest absolute Gasteiger partial charge is 0.194 e. The van der Waals surface area contributed by atoms with Gasteiger partial charge in [-0.15, -0.1) is 0 Å². The number of piperidine rings is 1. The van der Waals surface area contributed by atoms with E-state index in [1.807, 2.05) is 6.08 Å². The number of aliphatic hydroxyl groups excluding tert-OH is 1. The van der Waals surface area contributed by atoms with Gasteiger partial charge < -0.3 is 52.5 Å². The second-order valence-electron chi connectivity index (χ2n) is 54.2. The van der Waals surface area contributed by atoms with Crippen LogP contribution in [0, 0.1) is 47.3 Å². The van der Waals surface area contributed by atoms with E-state index in [4.69, 9.17) is 47.4 Å². The number of Topliss-reactive ketones (excluding diaryl/α,β-unsaturated/α-hetero) is 2. The SMILES string of the molecule is C=C1CCC2=C1C1(C)C=C[C@]3(CCC[C@H]3C2)O1.C=C1CCC2=C1C1(C=O)C=C[C@]3(CCC[C@H]3C2)O1.C=C1CCC2=C1C1([Si](C)(C)C)C=C[C@]3(CCC[C@H]3C2)O1.C=C1CCC2=C1C1C=C(C)[C@]3(CCC[C@H]3C2)O1.C=C1CCC2=C1C1C=C(CO)[C@]3(CCC[C@H]3C2)O1.C=C1CCC2=C1C1C=C[C@]3(CCC[C@H]3C2)O1.O=C1CCC2=C1C1(C3OCCO3)C=C[C@]3(CCC[C@H]3C2)O1.O=C1CCC2=C1C1(CN3CCCCC3)C=C[C@]3(CCC[C@H]3C2)O1. The number of carbonyl (C=O) groups excluding carboxylic acids is 3. The number of aldehydes is 1. The van der Waals surface area contributed by atoms with E-state index in [2.05, 4.69) is 157 Å². The molecule has 798 valence electrons. The van der Waals surface area contributed by atoms with E-state index in [0.29, 0.717) is 55.5 Å². The molecule has 0 aromatic carbocycles. The van der Waals surface area contributed by atoms with Crippen molar-refractivity contribution in [1.29, 1.82) is 0 Å². The number of aliphatic hydroxyl groups is 1. The van der Waals surface area contributed by atoms with E-state index < -0.39 is 31.2 Å². The number of ketones is 2. The lowest BCUT2D eigenvalue weighted by molar-refractivity contribution is -0.197. The Morgan fingerprint density at radius 2 is 0.787 bits per heavy atom. The van der Waals surface area contributed by atoms with Crippen LogP contribution in [0.2, 0.25) is 19.6 Å². The Bertz CT molecular complexity index is 6340. The quantitative estimate of drug-likeness (QED) is 0.151. The van der Waals surface area contributed by atoms with Gasteiger partial charge >= 0.3 is 0 Å². The molecule has 8 saturated carbocycles. The molecule has 18 aliphatic heterocycles. The molecule has 150 heavy (non-hydrogen) atoms. The monoisotopic (exact) mass is 2040 g/mol. The van der Waals surface area contributed by atoms with Crippen molar-refractivity contribution < 1.29 is 66.9 Å². The lowest BCUT2D eigenvalue weighted by Crippen LogP contribution is -2.55. The number of ether oxygens (including phenoxy) is 10. The van der Waals surface area contributed by atoms with Gasteiger partial charge in [0.15, 0.2) is 35.3 Å². The summed E-state index contributed by atoms with van der Waals surface area (Å²) in [7, 11) is -1.52. The summed E-state index contributed by atoms with van der Waals surface area (Å²) in [6.07, 6.45) is 93.4. The Morgan fingerprint density at radius 3 is 1.37 bits per heavy atom. The molecular formula is C134H169NO14Si. The first-order valence-corrected chi connectivity index (χ1v) is 64.0. The first-order valence-electron chi connectivity index (χ1n) is 60.5. The molecule has 2 saturated heterocycles. The summed E-state index contributed by atoms with van der Waals surface area (Å²) in [6.45, 7) is 41.9. The van der Waals surface area contributed by atoms with Crippen LogP contribution in [0.15, 0.2) is 258 Å². The van der Waals surface area contributed by atoms with Crippen LogP contribution in [-0.4, -0.2) is 172 Å². The van der Waals surface area contributed by atoms with Crippen LogP contribution < -0.4 is 0 Å². The molecule has 8 unspecified atom stereocenters. The second kappa shape index (κ2) is 37.1. The zero-order valence-electron chi connectivity index (χ0n) is 91.3. The predicted octanol–water partition coefficient (Wildman–Crippen LogP) is 27.8. The summed E-state index contributed by atoms with van der Waals surface area (Å²) in [5.74, 6) is 5.76. The molecule has 1 N–H and O–H groups in total. The number of hydrogen-bond acceptors (Lipinski definition) is 15. The van der Waals surface area contributed by atoms with Crippen LogP contribution in [0.1, 0.15) is 341 Å². The molecule has 8 spiro atoms. The summed E-state index contributed by atoms with van der Waals surface area (Å²) in [4.78, 5) is 39.5. The van der Waals surface area contributed by atoms with Crippen LogP contribution in [0.3, 0.4) is 0 Å². The standard InChI is InChI=1S/C20H27NO2.C18H26OSi.C17H20O4.C16H20O2.C16H18O2.2C16H20O.C15H18O/c22-17-7-6-15-13-16-5-4-8-19(16)9-10-20(23-19,18(15)17)14-21-11-2-1-3-12-21;1-13-7-8-14-12-15-6-5-9-17(15)10-11-18(19-17,16(13)14)20(2,3)4;18-13-4-3-11-10-12-2-1-5-16(12)6-7-17(21-16,14(11)13)15-19-8-9-20-15;1-10-4-5-11-7-12-3-2-6-16(12)13(9-17)8-14(18-16)15(10)11;1-11-4-5-12-9-13-3-2-6-15(13)7-8-16(10-17,18-15)14(11)12;1-10-5-6-12-9-13-4-3-7-16(13)11(2)8-14(17-16)15(10)12;1-11-5-6-12-10-13-4-3-7-16(13)9-8-15(2,17-16)14(11)12;1-10-4-5-11-9-12-3-2-7-15(12)8-6-13(16-15)14(10)11/h9-10,16H,1-8,11-14H2;10-11,15H,1,5-9,12H2,2-4H3;6-7,12,15H,1-5,8-10H2;8,12,14,17H,1-7,9H2;7-8,10,13H,1-6,9H2;8,13-14H,1,3-7,9H2,2H3;8-9,13H,1,3-7,10H2,2H3;6,8,12-13H,1-5,7,9H2/t16-,19-,20?;15-,17-,18?;12-,16-,17?;12-,14?,16+;13-,15-,16?;13-,14?,16-;13-,15?,16-;12-,13?,15-/m00000000/s1. The molecule has 34 rings (SSSR count). The molecule has 0 radical (unpaired) electrons. The molecule has 15 nitrogen and oxygen atoms in total. The number of fused-ring (bicyclic) bond motifs is 16. The van der Waals surface area contributed by atoms with E-state index in [1.165, 1.54) is 290 Å². The summed E-state index contributed by atoms with van der Waals surface area (Å²) in [5.41, 5.74) is 30.7. The molecule has 0 aromatic heterocycles. The number of hydrogen-bond donors (Lipinski definition) is 1. The summed E-state index contributed by atoms with van der Waals surface area (Å²) < 4.78 is 64.4. The van der Waals surface area contributed by atoms with E-state index in [9.17, 15) is 19.5 Å². The third kappa shape index (κ3) is 15.6. The molecule has 24 atom stereocenters. The van der Waals surface area contributed by atoms with Gasteiger partial charge in [0.2, 0.25) is 0 Å². The highest BCUT2D eigenvalue weighted by Crippen LogP contribution is 2.68. The molecule has 0 amide bonds. The van der Waals surface area contributed by atoms with Crippen molar-refractivity contribution in [2.24, 2.45) is 47.3 Å². The van der Waals surface area contributed by atoms with Crippen LogP contribution in [0.25, 0.3) is 0 Å². The van der Waals surface area contributed by atoms with Crippen molar-refractivity contribution in [3.63, 3.8) is 0 Å². The van der Waals surface area contributed by atoms with Gasteiger partial charge in [0.25, 0.3) is 0 Å². The first-order chi connectivity index (χ1) is 72.4. The molecule has 16 bridgehead atoms. The van der Waals surface area contributed by atoms with E-state index in [-0.39, 0.29) is 86.3 Å². The van der Waals surface area contributed by atoms with Crippen LogP contribution in [0.4, 0.5) is 0 Å². The van der Waals surface area contributed by atoms with Crippen LogP contribution in [-0.2, 0) is 61.8 Å². The highest BCUT2D eigenvalue weighted by molar-refractivity contribution is 6.80. The number of likely N-dealkylation sites (tertiary alicyclic amines) is 1. The minimum absolute atomic E-state index is 0.0604. The van der Waals surface area contributed by atoms with Crippen LogP contribution >= 0.6 is 0 Å². The van der Waals surface area contributed by atoms with Crippen molar-refractivity contribution in [1.82, 2.24) is 4.90 Å². The number of allylic oxidation sites excluding steroid dienone is 8. The van der Waals surface area contributed by atoms with E-state index in [1.54, 1.807) is 27.9 Å². The largest absolute Gasteiger partial charge is 0.392 e. The number of carbonyl (C=O) groups is 3. The van der Waals surface area contributed by atoms with Gasteiger partial charge in [0.05, 0.1) is 72.7 Å². The van der Waals surface area contributed by atoms with Crippen molar-refractivity contribution in [3.05, 3.63) is 258 Å². The highest BCUT2D eigenvalue weighted by Gasteiger charge is 2.68. The van der Waals surface area contributed by atoms with Crippen molar-refractivity contribution in [3.8, 4) is 0 Å². The average Bonchev–Trinajstić information content (AvgIpc) is 1.68. The normalized spacial score (nSPS) is 44.2. The molecule has 0 aromatic rings. The summed E-state index contributed by atoms with van der Waals surface area (Å²) in [5, 5.41) is 9.58. The van der Waals surface area contributed by atoms with E-state index in [0.717, 1.165) is 180 Å². The zero-order valence-corrected chi connectivity index (χ0v) is 92.3. The third-order valence-corrected chi connectivity index (χ3v) is 48.2. The Morgan fingerprint density at radius 1 is 0.373 bits per heavy atom. The minimum atomic E-state index is -1.52. The number of rotatable bonds is 6. The second-order valence-corrected chi connectivity index (χ2v) is 59.5. The molecule has 16 heteroatoms. The van der Waals surface area contributed by atoms with Gasteiger partial charge in [-0.3, -0.25) is 19.3 Å². The fourth-order valence-electron chi connectivity index (χ4n) is 38.4. The average molecular weight is 2050 g/mol. The topological polar surface area (TPSA) is 167 Å². The maximum absolute atomic E-state index is 12.7. The lowest BCUT2D eigenvalue weighted by Gasteiger charge is -2.43. The first kappa shape index (κ1) is 101. The van der Waals surface area contributed by atoms with Gasteiger partial charge in [-0.1, -0.05) is 159 Å². The Labute approximate surface area is 895 Å². The van der Waals surface area contributed by atoms with Gasteiger partial charge in [-0.05, 0) is 497 Å². The number of nitrogens with zero attached hydrogens (tertiary/aromatic N) is 1. The fourth-order valence-corrected chi connectivity index (χ4v) is 40.6. The Balaban J connectivity index is 0.0000000845. The van der Waals surface area contributed by atoms with Gasteiger partial charge in [0.1, 0.15) is 34.7 Å². The van der Waals surface area contributed by atoms with E-state index >= 15 is 0 Å². The summed E-state index contributed by atoms with van der Waals surface area (Å²) >= 11 is 0. The molecule has 18 heterocycles. The van der Waals surface area contributed by atoms with Crippen molar-refractivity contribution >= 4 is 25.9 Å². The molecular weight excluding hydrogens is 1880 g/mol. The highest BCUT2D eigenvalue weighted by atomic mass is 28.3. The third-order valence-electron chi connectivity index (χ3n) is 45.5. The van der Waals surface area contributed by atoms with Gasteiger partial charge in [0, 0.05) is 30.5 Å². The minimum Gasteiger partial charge on any atom is -0.392 e. The van der Waals surface area contributed by atoms with Crippen molar-refractivity contribution in [2.45, 2.75) is 458 Å².